The SMILES string of the molecule is COc1cc([N+](=O)[O-])ccc1N1CCC(N2CCN(C)CC2)CC1. The predicted octanol–water partition coefficient (Wildman–Crippen LogP) is 1.82. The molecule has 7 nitrogen and oxygen atoms in total. The number of non-ortho nitro benzene ring substituents is 1. The number of hydrogen-bond acceptors (Lipinski definition) is 6. The maximum absolute atomic E-state index is 10.9. The molecule has 0 bridgehead atoms. The summed E-state index contributed by atoms with van der Waals surface area (Å²) in [4.78, 5) is 17.8. The van der Waals surface area contributed by atoms with Crippen molar-refractivity contribution >= 4 is 11.4 Å². The van der Waals surface area contributed by atoms with Crippen LogP contribution in [0.15, 0.2) is 18.2 Å². The first-order valence-electron chi connectivity index (χ1n) is 8.58. The third-order valence-corrected chi connectivity index (χ3v) is 5.23. The van der Waals surface area contributed by atoms with Gasteiger partial charge in [0.15, 0.2) is 0 Å². The van der Waals surface area contributed by atoms with Crippen LogP contribution in [-0.2, 0) is 0 Å². The van der Waals surface area contributed by atoms with E-state index in [1.54, 1.807) is 13.2 Å². The minimum absolute atomic E-state index is 0.0722. The molecule has 0 radical (unpaired) electrons. The molecule has 0 aliphatic carbocycles. The van der Waals surface area contributed by atoms with E-state index in [4.69, 9.17) is 4.74 Å². The molecule has 1 aromatic carbocycles. The van der Waals surface area contributed by atoms with Gasteiger partial charge in [0, 0.05) is 51.4 Å². The lowest BCUT2D eigenvalue weighted by atomic mass is 10.0. The lowest BCUT2D eigenvalue weighted by molar-refractivity contribution is -0.384. The molecule has 2 heterocycles. The molecule has 0 spiro atoms. The van der Waals surface area contributed by atoms with Crippen molar-refractivity contribution in [1.29, 1.82) is 0 Å². The first-order chi connectivity index (χ1) is 11.6. The van der Waals surface area contributed by atoms with Crippen LogP contribution in [-0.4, -0.2) is 74.2 Å². The fourth-order valence-electron chi connectivity index (χ4n) is 3.70. The molecule has 2 saturated heterocycles. The maximum atomic E-state index is 10.9. The number of piperidine rings is 1. The summed E-state index contributed by atoms with van der Waals surface area (Å²) in [5.74, 6) is 0.585. The van der Waals surface area contributed by atoms with E-state index in [1.165, 1.54) is 6.07 Å². The van der Waals surface area contributed by atoms with Crippen LogP contribution in [0.5, 0.6) is 5.75 Å². The zero-order chi connectivity index (χ0) is 17.1. The summed E-state index contributed by atoms with van der Waals surface area (Å²) >= 11 is 0. The molecule has 7 heteroatoms. The lowest BCUT2D eigenvalue weighted by Gasteiger charge is -2.42. The Labute approximate surface area is 142 Å². The molecular weight excluding hydrogens is 308 g/mol. The van der Waals surface area contributed by atoms with Crippen molar-refractivity contribution in [3.05, 3.63) is 28.3 Å². The van der Waals surface area contributed by atoms with Crippen LogP contribution in [0.25, 0.3) is 0 Å². The first-order valence-corrected chi connectivity index (χ1v) is 8.58. The van der Waals surface area contributed by atoms with Gasteiger partial charge in [-0.1, -0.05) is 0 Å². The summed E-state index contributed by atoms with van der Waals surface area (Å²) < 4.78 is 5.38. The number of nitro benzene ring substituents is 1. The summed E-state index contributed by atoms with van der Waals surface area (Å²) in [7, 11) is 3.75. The summed E-state index contributed by atoms with van der Waals surface area (Å²) in [5, 5.41) is 10.9. The normalized spacial score (nSPS) is 21.0. The number of methoxy groups -OCH3 is 1. The molecule has 132 valence electrons. The predicted molar refractivity (Wildman–Crippen MR) is 94.0 cm³/mol. The van der Waals surface area contributed by atoms with Gasteiger partial charge in [0.1, 0.15) is 5.75 Å². The number of likely N-dealkylation sites (N-methyl/N-ethyl adjacent to an activating group) is 1. The second-order valence-electron chi connectivity index (χ2n) is 6.67. The molecule has 2 aliphatic rings. The van der Waals surface area contributed by atoms with Crippen LogP contribution in [0.3, 0.4) is 0 Å². The number of ether oxygens (including phenoxy) is 1. The second-order valence-corrected chi connectivity index (χ2v) is 6.67. The van der Waals surface area contributed by atoms with E-state index in [1.807, 2.05) is 6.07 Å². The topological polar surface area (TPSA) is 62.1 Å². The van der Waals surface area contributed by atoms with E-state index < -0.39 is 0 Å². The van der Waals surface area contributed by atoms with Gasteiger partial charge in [-0.2, -0.15) is 0 Å². The Bertz CT molecular complexity index is 579. The quantitative estimate of drug-likeness (QED) is 0.618. The van der Waals surface area contributed by atoms with Crippen molar-refractivity contribution in [2.75, 3.05) is 58.3 Å². The highest BCUT2D eigenvalue weighted by molar-refractivity contribution is 5.62. The average molecular weight is 334 g/mol. The Balaban J connectivity index is 1.63. The zero-order valence-electron chi connectivity index (χ0n) is 14.5. The highest BCUT2D eigenvalue weighted by Gasteiger charge is 2.28. The van der Waals surface area contributed by atoms with Crippen LogP contribution < -0.4 is 9.64 Å². The summed E-state index contributed by atoms with van der Waals surface area (Å²) in [6.45, 7) is 6.53. The molecule has 0 atom stereocenters. The van der Waals surface area contributed by atoms with Gasteiger partial charge in [-0.15, -0.1) is 0 Å². The average Bonchev–Trinajstić information content (AvgIpc) is 2.62. The van der Waals surface area contributed by atoms with Crippen molar-refractivity contribution in [2.24, 2.45) is 0 Å². The first kappa shape index (κ1) is 17.0. The largest absolute Gasteiger partial charge is 0.494 e. The molecule has 24 heavy (non-hydrogen) atoms. The molecular formula is C17H26N4O3. The van der Waals surface area contributed by atoms with Gasteiger partial charge in [-0.25, -0.2) is 0 Å². The number of benzene rings is 1. The molecule has 0 N–H and O–H groups in total. The maximum Gasteiger partial charge on any atom is 0.273 e. The minimum atomic E-state index is -0.383. The van der Waals surface area contributed by atoms with Crippen LogP contribution in [0.1, 0.15) is 12.8 Å². The van der Waals surface area contributed by atoms with Gasteiger partial charge in [-0.05, 0) is 26.0 Å². The van der Waals surface area contributed by atoms with Crippen molar-refractivity contribution < 1.29 is 9.66 Å². The van der Waals surface area contributed by atoms with E-state index in [-0.39, 0.29) is 10.6 Å². The number of anilines is 1. The Morgan fingerprint density at radius 3 is 2.38 bits per heavy atom. The minimum Gasteiger partial charge on any atom is -0.494 e. The molecule has 0 unspecified atom stereocenters. The van der Waals surface area contributed by atoms with Crippen LogP contribution >= 0.6 is 0 Å². The van der Waals surface area contributed by atoms with Gasteiger partial charge in [0.2, 0.25) is 0 Å². The number of piperazine rings is 1. The highest BCUT2D eigenvalue weighted by Crippen LogP contribution is 2.34. The monoisotopic (exact) mass is 334 g/mol. The molecule has 2 aliphatic heterocycles. The van der Waals surface area contributed by atoms with Crippen LogP contribution in [0, 0.1) is 10.1 Å². The van der Waals surface area contributed by atoms with Gasteiger partial charge in [0.05, 0.1) is 23.8 Å². The lowest BCUT2D eigenvalue weighted by Crippen LogP contribution is -2.52. The molecule has 1 aromatic rings. The number of nitrogens with zero attached hydrogens (tertiary/aromatic N) is 4. The summed E-state index contributed by atoms with van der Waals surface area (Å²) in [6.07, 6.45) is 2.26. The third-order valence-electron chi connectivity index (χ3n) is 5.23. The van der Waals surface area contributed by atoms with Crippen molar-refractivity contribution in [2.45, 2.75) is 18.9 Å². The Hall–Kier alpha value is -1.86. The Morgan fingerprint density at radius 2 is 1.79 bits per heavy atom. The molecule has 3 rings (SSSR count). The number of rotatable bonds is 4. The van der Waals surface area contributed by atoms with E-state index in [9.17, 15) is 10.1 Å². The highest BCUT2D eigenvalue weighted by atomic mass is 16.6. The van der Waals surface area contributed by atoms with Crippen molar-refractivity contribution in [3.8, 4) is 5.75 Å². The Kier molecular flexibility index (Phi) is 5.20. The molecule has 0 saturated carbocycles. The Morgan fingerprint density at radius 1 is 1.12 bits per heavy atom. The van der Waals surface area contributed by atoms with Gasteiger partial charge < -0.3 is 14.5 Å². The van der Waals surface area contributed by atoms with E-state index in [2.05, 4.69) is 21.7 Å². The molecule has 2 fully saturated rings. The summed E-state index contributed by atoms with van der Waals surface area (Å²) in [5.41, 5.74) is 1.03. The smallest absolute Gasteiger partial charge is 0.273 e. The van der Waals surface area contributed by atoms with Gasteiger partial charge in [0.25, 0.3) is 5.69 Å². The van der Waals surface area contributed by atoms with Crippen molar-refractivity contribution in [1.82, 2.24) is 9.80 Å². The molecule has 0 amide bonds. The fraction of sp³-hybridized carbons (Fsp3) is 0.647. The number of hydrogen-bond donors (Lipinski definition) is 0. The van der Waals surface area contributed by atoms with Crippen LogP contribution in [0.4, 0.5) is 11.4 Å². The van der Waals surface area contributed by atoms with Crippen molar-refractivity contribution in [3.63, 3.8) is 0 Å². The van der Waals surface area contributed by atoms with E-state index in [0.717, 1.165) is 57.8 Å². The van der Waals surface area contributed by atoms with E-state index in [0.29, 0.717) is 11.8 Å². The van der Waals surface area contributed by atoms with E-state index >= 15 is 0 Å². The summed E-state index contributed by atoms with van der Waals surface area (Å²) in [6, 6.07) is 5.54. The second kappa shape index (κ2) is 7.36. The molecule has 0 aromatic heterocycles. The van der Waals surface area contributed by atoms with Gasteiger partial charge in [-0.3, -0.25) is 15.0 Å². The number of nitro groups is 1. The van der Waals surface area contributed by atoms with Crippen LogP contribution in [0.2, 0.25) is 0 Å². The van der Waals surface area contributed by atoms with Gasteiger partial charge >= 0.3 is 0 Å². The standard InChI is InChI=1S/C17H26N4O3/c1-18-9-11-19(12-10-18)14-5-7-20(8-6-14)16-4-3-15(21(22)23)13-17(16)24-2/h3-4,13-14H,5-12H2,1-2H3. The fourth-order valence-corrected chi connectivity index (χ4v) is 3.70. The third kappa shape index (κ3) is 3.62. The zero-order valence-corrected chi connectivity index (χ0v) is 14.5.